The highest BCUT2D eigenvalue weighted by atomic mass is 19.1. The van der Waals surface area contributed by atoms with Gasteiger partial charge >= 0.3 is 0 Å². The first-order valence-electron chi connectivity index (χ1n) is 7.21. The lowest BCUT2D eigenvalue weighted by Crippen LogP contribution is -2.19. The number of carbonyl (C=O) groups is 1. The average Bonchev–Trinajstić information content (AvgIpc) is 2.87. The van der Waals surface area contributed by atoms with E-state index in [0.717, 1.165) is 0 Å². The zero-order chi connectivity index (χ0) is 16.6. The lowest BCUT2D eigenvalue weighted by Gasteiger charge is -2.06. The third-order valence-corrected chi connectivity index (χ3v) is 3.92. The minimum Gasteiger partial charge on any atom is -0.507 e. The quantitative estimate of drug-likeness (QED) is 0.588. The fourth-order valence-corrected chi connectivity index (χ4v) is 2.78. The number of anilines is 1. The van der Waals surface area contributed by atoms with E-state index < -0.39 is 5.91 Å². The number of phenolic OH excluding ortho intramolecular Hbond substituents is 1. The zero-order valence-electron chi connectivity index (χ0n) is 12.5. The monoisotopic (exact) mass is 313 g/mol. The van der Waals surface area contributed by atoms with Gasteiger partial charge in [0.2, 0.25) is 0 Å². The second kappa shape index (κ2) is 5.72. The molecule has 1 amide bonds. The number of halogens is 1. The number of amides is 1. The molecule has 0 aliphatic heterocycles. The zero-order valence-corrected chi connectivity index (χ0v) is 12.5. The van der Waals surface area contributed by atoms with Gasteiger partial charge in [-0.3, -0.25) is 4.79 Å². The molecular weight excluding hydrogens is 297 g/mol. The van der Waals surface area contributed by atoms with Crippen LogP contribution in [0.4, 0.5) is 10.1 Å². The van der Waals surface area contributed by atoms with Crippen molar-refractivity contribution in [1.29, 1.82) is 0 Å². The van der Waals surface area contributed by atoms with Gasteiger partial charge in [-0.2, -0.15) is 5.10 Å². The van der Waals surface area contributed by atoms with Crippen LogP contribution in [0.15, 0.2) is 41.5 Å². The molecule has 0 heterocycles. The van der Waals surface area contributed by atoms with Crippen molar-refractivity contribution in [2.24, 2.45) is 5.10 Å². The number of carbonyl (C=O) groups excluding carboxylic acids is 1. The van der Waals surface area contributed by atoms with E-state index >= 15 is 0 Å². The smallest absolute Gasteiger partial charge is 0.271 e. The summed E-state index contributed by atoms with van der Waals surface area (Å²) in [7, 11) is 0. The number of nitrogens with two attached hydrogens (primary N) is 1. The molecule has 3 rings (SSSR count). The Bertz CT molecular complexity index is 800. The second-order valence-electron chi connectivity index (χ2n) is 5.58. The molecule has 5 nitrogen and oxygen atoms in total. The Morgan fingerprint density at radius 1 is 1.30 bits per heavy atom. The number of phenols is 1. The van der Waals surface area contributed by atoms with E-state index in [0.29, 0.717) is 34.5 Å². The molecule has 118 valence electrons. The number of rotatable bonds is 2. The molecule has 1 aliphatic carbocycles. The normalized spacial score (nSPS) is 18.0. The second-order valence-corrected chi connectivity index (χ2v) is 5.58. The molecule has 0 bridgehead atoms. The first kappa shape index (κ1) is 15.0. The first-order valence-corrected chi connectivity index (χ1v) is 7.21. The number of hydrogen-bond donors (Lipinski definition) is 3. The molecule has 23 heavy (non-hydrogen) atoms. The van der Waals surface area contributed by atoms with Crippen molar-refractivity contribution in [3.8, 4) is 5.75 Å². The molecule has 0 saturated heterocycles. The van der Waals surface area contributed by atoms with Crippen molar-refractivity contribution in [3.05, 3.63) is 58.9 Å². The van der Waals surface area contributed by atoms with E-state index in [1.165, 1.54) is 12.1 Å². The molecular formula is C17H16FN3O2. The summed E-state index contributed by atoms with van der Waals surface area (Å²) < 4.78 is 13.9. The van der Waals surface area contributed by atoms with Crippen LogP contribution in [-0.2, 0) is 0 Å². The van der Waals surface area contributed by atoms with Gasteiger partial charge in [-0.1, -0.05) is 6.92 Å². The van der Waals surface area contributed by atoms with Crippen LogP contribution in [0, 0.1) is 5.82 Å². The van der Waals surface area contributed by atoms with Crippen LogP contribution < -0.4 is 11.2 Å². The molecule has 0 unspecified atom stereocenters. The van der Waals surface area contributed by atoms with Crippen molar-refractivity contribution in [2.45, 2.75) is 19.3 Å². The van der Waals surface area contributed by atoms with Crippen LogP contribution in [0.3, 0.4) is 0 Å². The molecule has 0 fully saturated rings. The number of nitrogens with zero attached hydrogens (tertiary/aromatic N) is 1. The van der Waals surface area contributed by atoms with Crippen molar-refractivity contribution < 1.29 is 14.3 Å². The van der Waals surface area contributed by atoms with E-state index in [2.05, 4.69) is 10.5 Å². The summed E-state index contributed by atoms with van der Waals surface area (Å²) in [6, 6.07) is 8.96. The molecule has 0 radical (unpaired) electrons. The maximum absolute atomic E-state index is 13.9. The minimum atomic E-state index is -0.394. The molecule has 2 aromatic rings. The summed E-state index contributed by atoms with van der Waals surface area (Å²) >= 11 is 0. The highest BCUT2D eigenvalue weighted by Gasteiger charge is 2.30. The Balaban J connectivity index is 1.87. The lowest BCUT2D eigenvalue weighted by atomic mass is 10.0. The Hall–Kier alpha value is -2.89. The third kappa shape index (κ3) is 2.75. The number of benzene rings is 2. The summed E-state index contributed by atoms with van der Waals surface area (Å²) in [5.41, 5.74) is 10.3. The summed E-state index contributed by atoms with van der Waals surface area (Å²) in [5.74, 6) is -0.912. The molecule has 4 N–H and O–H groups in total. The van der Waals surface area contributed by atoms with Crippen LogP contribution in [0.5, 0.6) is 5.75 Å². The van der Waals surface area contributed by atoms with Crippen molar-refractivity contribution in [3.63, 3.8) is 0 Å². The highest BCUT2D eigenvalue weighted by Crippen LogP contribution is 2.39. The standard InChI is InChI=1S/C17H16FN3O2/c1-9-8-13(16-14(22)7-6-12(18)15(9)16)20-21-17(23)10-2-4-11(19)5-3-10/h2-7,9,22H,8,19H2,1H3,(H,21,23)/b20-13+/t9-/m0/s1. The van der Waals surface area contributed by atoms with Crippen molar-refractivity contribution >= 4 is 17.3 Å². The summed E-state index contributed by atoms with van der Waals surface area (Å²) in [6.45, 7) is 1.85. The van der Waals surface area contributed by atoms with Crippen LogP contribution >= 0.6 is 0 Å². The minimum absolute atomic E-state index is 0.0359. The number of fused-ring (bicyclic) bond motifs is 1. The SMILES string of the molecule is C[C@H]1C/C(=N\NC(=O)c2ccc(N)cc2)c2c(O)ccc(F)c21. The Morgan fingerprint density at radius 3 is 2.70 bits per heavy atom. The molecule has 1 aliphatic rings. The fourth-order valence-electron chi connectivity index (χ4n) is 2.78. The van der Waals surface area contributed by atoms with Crippen LogP contribution in [0.1, 0.15) is 40.7 Å². The van der Waals surface area contributed by atoms with Gasteiger partial charge in [0.25, 0.3) is 5.91 Å². The van der Waals surface area contributed by atoms with Crippen molar-refractivity contribution in [2.75, 3.05) is 5.73 Å². The van der Waals surface area contributed by atoms with E-state index in [4.69, 9.17) is 5.73 Å². The lowest BCUT2D eigenvalue weighted by molar-refractivity contribution is 0.0955. The Labute approximate surface area is 132 Å². The third-order valence-electron chi connectivity index (χ3n) is 3.92. The number of hydrogen-bond acceptors (Lipinski definition) is 4. The number of hydrazone groups is 1. The molecule has 1 atom stereocenters. The van der Waals surface area contributed by atoms with Gasteiger partial charge < -0.3 is 10.8 Å². The van der Waals surface area contributed by atoms with Crippen LogP contribution in [0.25, 0.3) is 0 Å². The van der Waals surface area contributed by atoms with E-state index in [1.54, 1.807) is 24.3 Å². The number of nitrogen functional groups attached to an aromatic ring is 1. The topological polar surface area (TPSA) is 87.7 Å². The Morgan fingerprint density at radius 2 is 2.00 bits per heavy atom. The molecule has 0 spiro atoms. The first-order chi connectivity index (χ1) is 11.0. The van der Waals surface area contributed by atoms with E-state index in [-0.39, 0.29) is 17.5 Å². The highest BCUT2D eigenvalue weighted by molar-refractivity contribution is 6.08. The summed E-state index contributed by atoms with van der Waals surface area (Å²) in [6.07, 6.45) is 0.450. The van der Waals surface area contributed by atoms with Gasteiger partial charge in [0.15, 0.2) is 0 Å². The van der Waals surface area contributed by atoms with E-state index in [1.807, 2.05) is 6.92 Å². The van der Waals surface area contributed by atoms with E-state index in [9.17, 15) is 14.3 Å². The molecule has 6 heteroatoms. The summed E-state index contributed by atoms with van der Waals surface area (Å²) in [4.78, 5) is 12.1. The Kier molecular flexibility index (Phi) is 3.73. The molecule has 0 saturated carbocycles. The van der Waals surface area contributed by atoms with Crippen LogP contribution in [-0.4, -0.2) is 16.7 Å². The van der Waals surface area contributed by atoms with Gasteiger partial charge in [-0.05, 0) is 48.7 Å². The summed E-state index contributed by atoms with van der Waals surface area (Å²) in [5, 5.41) is 14.1. The maximum Gasteiger partial charge on any atom is 0.271 e. The predicted molar refractivity (Wildman–Crippen MR) is 86.0 cm³/mol. The fraction of sp³-hybridized carbons (Fsp3) is 0.176. The largest absolute Gasteiger partial charge is 0.507 e. The van der Waals surface area contributed by atoms with Gasteiger partial charge in [-0.25, -0.2) is 9.82 Å². The van der Waals surface area contributed by atoms with Gasteiger partial charge in [0, 0.05) is 22.4 Å². The molecule has 0 aromatic heterocycles. The van der Waals surface area contributed by atoms with Gasteiger partial charge in [0.05, 0.1) is 5.71 Å². The predicted octanol–water partition coefficient (Wildman–Crippen LogP) is 2.75. The molecule has 2 aromatic carbocycles. The maximum atomic E-state index is 13.9. The van der Waals surface area contributed by atoms with Gasteiger partial charge in [0.1, 0.15) is 11.6 Å². The van der Waals surface area contributed by atoms with Crippen LogP contribution in [0.2, 0.25) is 0 Å². The average molecular weight is 313 g/mol. The number of aromatic hydroxyl groups is 1. The van der Waals surface area contributed by atoms with Gasteiger partial charge in [-0.15, -0.1) is 0 Å². The van der Waals surface area contributed by atoms with Crippen molar-refractivity contribution in [1.82, 2.24) is 5.43 Å². The number of nitrogens with one attached hydrogen (secondary N) is 1.